The Morgan fingerprint density at radius 3 is 2.03 bits per heavy atom. The van der Waals surface area contributed by atoms with Crippen molar-refractivity contribution in [3.8, 4) is 0 Å². The Morgan fingerprint density at radius 1 is 0.759 bits per heavy atom. The lowest BCUT2D eigenvalue weighted by molar-refractivity contribution is 0.530. The quantitative estimate of drug-likeness (QED) is 0.400. The minimum absolute atomic E-state index is 0.184. The predicted molar refractivity (Wildman–Crippen MR) is 118 cm³/mol. The Balaban J connectivity index is 1.58. The van der Waals surface area contributed by atoms with Crippen molar-refractivity contribution in [3.63, 3.8) is 0 Å². The number of rotatable bonds is 5. The molecule has 5 rings (SSSR count). The summed E-state index contributed by atoms with van der Waals surface area (Å²) in [4.78, 5) is 16.9. The van der Waals surface area contributed by atoms with E-state index in [9.17, 15) is 0 Å². The van der Waals surface area contributed by atoms with Crippen LogP contribution in [0.2, 0.25) is 0 Å². The molecule has 2 aromatic heterocycles. The van der Waals surface area contributed by atoms with Gasteiger partial charge in [0.1, 0.15) is 11.6 Å². The zero-order valence-electron chi connectivity index (χ0n) is 16.7. The normalized spacial score (nSPS) is 13.7. The molecule has 29 heavy (non-hydrogen) atoms. The van der Waals surface area contributed by atoms with Crippen LogP contribution in [-0.2, 0) is 6.42 Å². The fraction of sp³-hybridized carbons (Fsp3) is 0.200. The molecule has 0 saturated heterocycles. The van der Waals surface area contributed by atoms with Gasteiger partial charge in [-0.1, -0.05) is 61.0 Å². The highest BCUT2D eigenvalue weighted by atomic mass is 15.0. The summed E-state index contributed by atoms with van der Waals surface area (Å²) in [6.07, 6.45) is 0.902. The first kappa shape index (κ1) is 17.7. The molecule has 0 fully saturated rings. The molecule has 0 aliphatic carbocycles. The number of nitrogens with one attached hydrogen (secondary N) is 2. The van der Waals surface area contributed by atoms with E-state index < -0.39 is 0 Å². The van der Waals surface area contributed by atoms with Crippen LogP contribution in [0.1, 0.15) is 41.5 Å². The first-order valence-electron chi connectivity index (χ1n) is 10.1. The Bertz CT molecular complexity index is 1210. The van der Waals surface area contributed by atoms with E-state index >= 15 is 0 Å². The summed E-state index contributed by atoms with van der Waals surface area (Å²) in [5, 5.41) is 0. The number of hydrogen-bond donors (Lipinski definition) is 2. The number of imidazole rings is 2. The summed E-state index contributed by atoms with van der Waals surface area (Å²) >= 11 is 0. The number of H-pyrrole nitrogens is 2. The number of aromatic amines is 2. The maximum atomic E-state index is 4.93. The number of aryl methyl sites for hydroxylation is 1. The van der Waals surface area contributed by atoms with Gasteiger partial charge in [-0.25, -0.2) is 9.97 Å². The van der Waals surface area contributed by atoms with E-state index in [0.29, 0.717) is 0 Å². The third kappa shape index (κ3) is 3.42. The van der Waals surface area contributed by atoms with E-state index in [0.717, 1.165) is 40.1 Å². The standard InChI is InChI=1S/C25H24N4/c1-16-8-7-9-18(14-16)15-19(25-28-22-12-5-6-13-23(22)29-25)17(2)24-26-20-10-3-4-11-21(20)27-24/h3-14,17,19H,15H2,1-2H3,(H,26,27)(H,28,29). The van der Waals surface area contributed by atoms with Crippen molar-refractivity contribution in [1.29, 1.82) is 0 Å². The lowest BCUT2D eigenvalue weighted by Crippen LogP contribution is -2.14. The topological polar surface area (TPSA) is 57.4 Å². The largest absolute Gasteiger partial charge is 0.342 e. The molecule has 144 valence electrons. The van der Waals surface area contributed by atoms with Gasteiger partial charge >= 0.3 is 0 Å². The Morgan fingerprint density at radius 2 is 1.38 bits per heavy atom. The Hall–Kier alpha value is -3.40. The molecule has 5 aromatic rings. The molecule has 3 aromatic carbocycles. The molecular formula is C25H24N4. The second kappa shape index (κ2) is 7.21. The van der Waals surface area contributed by atoms with Crippen molar-refractivity contribution >= 4 is 22.1 Å². The van der Waals surface area contributed by atoms with Crippen molar-refractivity contribution in [2.24, 2.45) is 0 Å². The van der Waals surface area contributed by atoms with E-state index in [1.807, 2.05) is 24.3 Å². The van der Waals surface area contributed by atoms with Crippen LogP contribution in [0.4, 0.5) is 0 Å². The summed E-state index contributed by atoms with van der Waals surface area (Å²) in [5.41, 5.74) is 6.77. The van der Waals surface area contributed by atoms with Gasteiger partial charge in [0, 0.05) is 11.8 Å². The van der Waals surface area contributed by atoms with E-state index in [4.69, 9.17) is 9.97 Å². The van der Waals surface area contributed by atoms with E-state index in [2.05, 4.69) is 72.3 Å². The van der Waals surface area contributed by atoms with Gasteiger partial charge in [-0.2, -0.15) is 0 Å². The van der Waals surface area contributed by atoms with Gasteiger partial charge in [0.2, 0.25) is 0 Å². The highest BCUT2D eigenvalue weighted by molar-refractivity contribution is 5.75. The number of hydrogen-bond acceptors (Lipinski definition) is 2. The van der Waals surface area contributed by atoms with Crippen LogP contribution in [0, 0.1) is 6.92 Å². The average molecular weight is 380 g/mol. The first-order valence-corrected chi connectivity index (χ1v) is 10.1. The van der Waals surface area contributed by atoms with Crippen molar-refractivity contribution in [3.05, 3.63) is 95.6 Å². The minimum atomic E-state index is 0.184. The Labute approximate surface area is 170 Å². The number of fused-ring (bicyclic) bond motifs is 2. The lowest BCUT2D eigenvalue weighted by atomic mass is 9.86. The van der Waals surface area contributed by atoms with Crippen molar-refractivity contribution in [2.45, 2.75) is 32.1 Å². The fourth-order valence-electron chi connectivity index (χ4n) is 4.13. The zero-order chi connectivity index (χ0) is 19.8. The van der Waals surface area contributed by atoms with Gasteiger partial charge in [-0.3, -0.25) is 0 Å². The minimum Gasteiger partial charge on any atom is -0.342 e. The molecule has 0 aliphatic rings. The first-order chi connectivity index (χ1) is 14.2. The van der Waals surface area contributed by atoms with Gasteiger partial charge < -0.3 is 9.97 Å². The highest BCUT2D eigenvalue weighted by Crippen LogP contribution is 2.35. The van der Waals surface area contributed by atoms with E-state index in [1.165, 1.54) is 11.1 Å². The van der Waals surface area contributed by atoms with Gasteiger partial charge in [0.25, 0.3) is 0 Å². The molecule has 0 amide bonds. The van der Waals surface area contributed by atoms with Crippen molar-refractivity contribution in [2.75, 3.05) is 0 Å². The molecular weight excluding hydrogens is 356 g/mol. The van der Waals surface area contributed by atoms with E-state index in [1.54, 1.807) is 0 Å². The number of benzene rings is 3. The molecule has 2 heterocycles. The molecule has 2 N–H and O–H groups in total. The monoisotopic (exact) mass is 380 g/mol. The molecule has 0 radical (unpaired) electrons. The third-order valence-corrected chi connectivity index (χ3v) is 5.74. The molecule has 0 saturated carbocycles. The van der Waals surface area contributed by atoms with Gasteiger partial charge in [-0.15, -0.1) is 0 Å². The maximum absolute atomic E-state index is 4.93. The van der Waals surface area contributed by atoms with Gasteiger partial charge in [0.15, 0.2) is 0 Å². The van der Waals surface area contributed by atoms with Crippen LogP contribution in [0.3, 0.4) is 0 Å². The number of nitrogens with zero attached hydrogens (tertiary/aromatic N) is 2. The second-order valence-electron chi connectivity index (χ2n) is 7.87. The van der Waals surface area contributed by atoms with Crippen molar-refractivity contribution < 1.29 is 0 Å². The average Bonchev–Trinajstić information content (AvgIpc) is 3.35. The van der Waals surface area contributed by atoms with Gasteiger partial charge in [0.05, 0.1) is 22.1 Å². The molecule has 4 heteroatoms. The van der Waals surface area contributed by atoms with Crippen LogP contribution in [-0.4, -0.2) is 19.9 Å². The summed E-state index contributed by atoms with van der Waals surface area (Å²) < 4.78 is 0. The van der Waals surface area contributed by atoms with Crippen LogP contribution in [0.15, 0.2) is 72.8 Å². The molecule has 2 unspecified atom stereocenters. The highest BCUT2D eigenvalue weighted by Gasteiger charge is 2.27. The van der Waals surface area contributed by atoms with Crippen LogP contribution < -0.4 is 0 Å². The molecule has 0 aliphatic heterocycles. The number of para-hydroxylation sites is 4. The zero-order valence-corrected chi connectivity index (χ0v) is 16.7. The SMILES string of the molecule is Cc1cccc(CC(c2nc3ccccc3[nH]2)C(C)c2nc3ccccc3[nH]2)c1. The molecule has 4 nitrogen and oxygen atoms in total. The molecule has 0 bridgehead atoms. The lowest BCUT2D eigenvalue weighted by Gasteiger charge is -2.21. The summed E-state index contributed by atoms with van der Waals surface area (Å²) in [5.74, 6) is 2.39. The summed E-state index contributed by atoms with van der Waals surface area (Å²) in [7, 11) is 0. The van der Waals surface area contributed by atoms with Crippen LogP contribution in [0.5, 0.6) is 0 Å². The second-order valence-corrected chi connectivity index (χ2v) is 7.87. The maximum Gasteiger partial charge on any atom is 0.111 e. The smallest absolute Gasteiger partial charge is 0.111 e. The number of aromatic nitrogens is 4. The predicted octanol–water partition coefficient (Wildman–Crippen LogP) is 5.88. The fourth-order valence-corrected chi connectivity index (χ4v) is 4.13. The summed E-state index contributed by atoms with van der Waals surface area (Å²) in [6.45, 7) is 4.38. The van der Waals surface area contributed by atoms with Crippen LogP contribution >= 0.6 is 0 Å². The van der Waals surface area contributed by atoms with Crippen molar-refractivity contribution in [1.82, 2.24) is 19.9 Å². The van der Waals surface area contributed by atoms with Gasteiger partial charge in [-0.05, 0) is 43.2 Å². The Kier molecular flexibility index (Phi) is 4.39. The van der Waals surface area contributed by atoms with E-state index in [-0.39, 0.29) is 11.8 Å². The van der Waals surface area contributed by atoms with Crippen LogP contribution in [0.25, 0.3) is 22.1 Å². The summed E-state index contributed by atoms with van der Waals surface area (Å²) in [6, 6.07) is 25.2. The molecule has 2 atom stereocenters. The molecule has 0 spiro atoms. The third-order valence-electron chi connectivity index (χ3n) is 5.74.